The number of nitrogens with zero attached hydrogens (tertiary/aromatic N) is 1. The number of aromatic carboxylic acids is 1. The molecule has 0 unspecified atom stereocenters. The molecular weight excluding hydrogens is 273 g/mol. The molecule has 0 atom stereocenters. The van der Waals surface area contributed by atoms with Crippen LogP contribution in [0.15, 0.2) is 54.7 Å². The van der Waals surface area contributed by atoms with Crippen molar-refractivity contribution in [1.29, 1.82) is 0 Å². The van der Waals surface area contributed by atoms with Gasteiger partial charge in [0.05, 0.1) is 5.52 Å². The highest BCUT2D eigenvalue weighted by Gasteiger charge is 2.18. The summed E-state index contributed by atoms with van der Waals surface area (Å²) >= 11 is 0. The first kappa shape index (κ1) is 13.1. The fraction of sp³-hybridized carbons (Fsp3) is 0. The zero-order valence-electron chi connectivity index (χ0n) is 10.8. The molecule has 1 aromatic heterocycles. The van der Waals surface area contributed by atoms with Crippen LogP contribution in [-0.2, 0) is 0 Å². The standard InChI is InChI=1S/C16H10FNO3/c17-11-5-3-7-14(15(11)16(19)20)21-13-8-9-18-12-6-2-1-4-10(12)13/h1-9H,(H,19,20). The van der Waals surface area contributed by atoms with E-state index in [1.54, 1.807) is 18.3 Å². The first-order chi connectivity index (χ1) is 10.2. The predicted molar refractivity (Wildman–Crippen MR) is 75.2 cm³/mol. The third-order valence-electron chi connectivity index (χ3n) is 3.02. The quantitative estimate of drug-likeness (QED) is 0.792. The van der Waals surface area contributed by atoms with Gasteiger partial charge in [-0.15, -0.1) is 0 Å². The molecule has 1 N–H and O–H groups in total. The van der Waals surface area contributed by atoms with E-state index in [-0.39, 0.29) is 5.75 Å². The molecule has 4 nitrogen and oxygen atoms in total. The second kappa shape index (κ2) is 5.20. The summed E-state index contributed by atoms with van der Waals surface area (Å²) < 4.78 is 19.2. The Balaban J connectivity index is 2.12. The Kier molecular flexibility index (Phi) is 3.23. The number of carboxylic acid groups (broad SMARTS) is 1. The zero-order valence-corrected chi connectivity index (χ0v) is 10.8. The van der Waals surface area contributed by atoms with Crippen molar-refractivity contribution in [3.05, 3.63) is 66.1 Å². The average molecular weight is 283 g/mol. The van der Waals surface area contributed by atoms with Crippen LogP contribution in [0.2, 0.25) is 0 Å². The lowest BCUT2D eigenvalue weighted by molar-refractivity contribution is 0.0689. The van der Waals surface area contributed by atoms with Crippen molar-refractivity contribution in [3.8, 4) is 11.5 Å². The van der Waals surface area contributed by atoms with E-state index in [0.717, 1.165) is 11.5 Å². The second-order valence-corrected chi connectivity index (χ2v) is 4.35. The van der Waals surface area contributed by atoms with Crippen molar-refractivity contribution in [2.24, 2.45) is 0 Å². The van der Waals surface area contributed by atoms with E-state index in [1.165, 1.54) is 12.1 Å². The van der Waals surface area contributed by atoms with Crippen molar-refractivity contribution in [2.75, 3.05) is 0 Å². The van der Waals surface area contributed by atoms with Gasteiger partial charge in [-0.3, -0.25) is 4.98 Å². The highest BCUT2D eigenvalue weighted by Crippen LogP contribution is 2.31. The van der Waals surface area contributed by atoms with Crippen LogP contribution in [-0.4, -0.2) is 16.1 Å². The molecule has 104 valence electrons. The SMILES string of the molecule is O=C(O)c1c(F)cccc1Oc1ccnc2ccccc12. The van der Waals surface area contributed by atoms with E-state index in [0.29, 0.717) is 11.3 Å². The second-order valence-electron chi connectivity index (χ2n) is 4.35. The first-order valence-corrected chi connectivity index (χ1v) is 6.20. The molecule has 0 spiro atoms. The van der Waals surface area contributed by atoms with Crippen molar-refractivity contribution in [3.63, 3.8) is 0 Å². The molecule has 0 aliphatic rings. The van der Waals surface area contributed by atoms with Gasteiger partial charge in [0, 0.05) is 11.6 Å². The van der Waals surface area contributed by atoms with Crippen molar-refractivity contribution in [1.82, 2.24) is 4.98 Å². The summed E-state index contributed by atoms with van der Waals surface area (Å²) in [6.45, 7) is 0. The molecule has 2 aromatic carbocycles. The number of hydrogen-bond acceptors (Lipinski definition) is 3. The van der Waals surface area contributed by atoms with Gasteiger partial charge in [-0.25, -0.2) is 9.18 Å². The predicted octanol–water partition coefficient (Wildman–Crippen LogP) is 3.86. The van der Waals surface area contributed by atoms with Crippen LogP contribution in [0.4, 0.5) is 4.39 Å². The van der Waals surface area contributed by atoms with Crippen LogP contribution in [0.25, 0.3) is 10.9 Å². The highest BCUT2D eigenvalue weighted by molar-refractivity contribution is 5.92. The largest absolute Gasteiger partial charge is 0.477 e. The lowest BCUT2D eigenvalue weighted by Gasteiger charge is -2.11. The number of rotatable bonds is 3. The summed E-state index contributed by atoms with van der Waals surface area (Å²) in [5.41, 5.74) is 0.224. The lowest BCUT2D eigenvalue weighted by Crippen LogP contribution is -2.03. The van der Waals surface area contributed by atoms with Crippen molar-refractivity contribution in [2.45, 2.75) is 0 Å². The first-order valence-electron chi connectivity index (χ1n) is 6.20. The Morgan fingerprint density at radius 2 is 1.86 bits per heavy atom. The topological polar surface area (TPSA) is 59.4 Å². The van der Waals surface area contributed by atoms with Gasteiger partial charge < -0.3 is 9.84 Å². The van der Waals surface area contributed by atoms with Crippen LogP contribution in [0.3, 0.4) is 0 Å². The number of hydrogen-bond donors (Lipinski definition) is 1. The highest BCUT2D eigenvalue weighted by atomic mass is 19.1. The van der Waals surface area contributed by atoms with Crippen LogP contribution in [0, 0.1) is 5.82 Å². The molecule has 0 bridgehead atoms. The monoisotopic (exact) mass is 283 g/mol. The average Bonchev–Trinajstić information content (AvgIpc) is 2.47. The van der Waals surface area contributed by atoms with E-state index in [1.807, 2.05) is 18.2 Å². The van der Waals surface area contributed by atoms with Crippen LogP contribution >= 0.6 is 0 Å². The molecular formula is C16H10FNO3. The number of aromatic nitrogens is 1. The molecule has 0 radical (unpaired) electrons. The Bertz CT molecular complexity index is 827. The molecule has 21 heavy (non-hydrogen) atoms. The number of benzene rings is 2. The summed E-state index contributed by atoms with van der Waals surface area (Å²) in [6, 6.07) is 12.8. The van der Waals surface area contributed by atoms with Crippen LogP contribution in [0.1, 0.15) is 10.4 Å². The molecule has 0 saturated heterocycles. The molecule has 3 rings (SSSR count). The third kappa shape index (κ3) is 2.41. The van der Waals surface area contributed by atoms with Crippen molar-refractivity contribution >= 4 is 16.9 Å². The molecule has 3 aromatic rings. The fourth-order valence-electron chi connectivity index (χ4n) is 2.07. The Morgan fingerprint density at radius 1 is 1.05 bits per heavy atom. The third-order valence-corrected chi connectivity index (χ3v) is 3.02. The van der Waals surface area contributed by atoms with E-state index >= 15 is 0 Å². The number of para-hydroxylation sites is 1. The Hall–Kier alpha value is -2.95. The van der Waals surface area contributed by atoms with E-state index in [9.17, 15) is 9.18 Å². The molecule has 0 aliphatic heterocycles. The number of halogens is 1. The van der Waals surface area contributed by atoms with Crippen LogP contribution < -0.4 is 4.74 Å². The van der Waals surface area contributed by atoms with Gasteiger partial charge in [0.25, 0.3) is 0 Å². The maximum Gasteiger partial charge on any atom is 0.342 e. The van der Waals surface area contributed by atoms with E-state index in [4.69, 9.17) is 9.84 Å². The molecule has 0 fully saturated rings. The maximum absolute atomic E-state index is 13.6. The minimum absolute atomic E-state index is 0.0427. The molecule has 5 heteroatoms. The summed E-state index contributed by atoms with van der Waals surface area (Å²) in [6.07, 6.45) is 1.55. The van der Waals surface area contributed by atoms with Gasteiger partial charge in [0.15, 0.2) is 0 Å². The summed E-state index contributed by atoms with van der Waals surface area (Å²) in [7, 11) is 0. The van der Waals surface area contributed by atoms with E-state index in [2.05, 4.69) is 4.98 Å². The van der Waals surface area contributed by atoms with Gasteiger partial charge >= 0.3 is 5.97 Å². The number of carbonyl (C=O) groups is 1. The van der Waals surface area contributed by atoms with Gasteiger partial charge in [-0.1, -0.05) is 18.2 Å². The van der Waals surface area contributed by atoms with Gasteiger partial charge in [-0.05, 0) is 30.3 Å². The summed E-state index contributed by atoms with van der Waals surface area (Å²) in [4.78, 5) is 15.4. The maximum atomic E-state index is 13.6. The zero-order chi connectivity index (χ0) is 14.8. The number of ether oxygens (including phenoxy) is 1. The fourth-order valence-corrected chi connectivity index (χ4v) is 2.07. The number of pyridine rings is 1. The molecule has 0 saturated carbocycles. The molecule has 1 heterocycles. The minimum Gasteiger partial charge on any atom is -0.477 e. The van der Waals surface area contributed by atoms with Gasteiger partial charge in [-0.2, -0.15) is 0 Å². The molecule has 0 aliphatic carbocycles. The van der Waals surface area contributed by atoms with Gasteiger partial charge in [0.1, 0.15) is 22.9 Å². The van der Waals surface area contributed by atoms with Gasteiger partial charge in [0.2, 0.25) is 0 Å². The van der Waals surface area contributed by atoms with Crippen LogP contribution in [0.5, 0.6) is 11.5 Å². The number of carboxylic acids is 1. The lowest BCUT2D eigenvalue weighted by atomic mass is 10.1. The smallest absolute Gasteiger partial charge is 0.342 e. The molecule has 0 amide bonds. The van der Waals surface area contributed by atoms with Crippen molar-refractivity contribution < 1.29 is 19.0 Å². The summed E-state index contributed by atoms with van der Waals surface area (Å²) in [5.74, 6) is -1.83. The minimum atomic E-state index is -1.37. The number of fused-ring (bicyclic) bond motifs is 1. The normalized spacial score (nSPS) is 10.5. The Morgan fingerprint density at radius 3 is 2.67 bits per heavy atom. The van der Waals surface area contributed by atoms with E-state index < -0.39 is 17.3 Å². The summed E-state index contributed by atoms with van der Waals surface area (Å²) in [5, 5.41) is 9.83. The Labute approximate surface area is 119 Å².